The van der Waals surface area contributed by atoms with E-state index in [2.05, 4.69) is 71.7 Å². The molecule has 6 heteroatoms. The molecule has 1 atom stereocenters. The maximum Gasteiger partial charge on any atom is 0.410 e. The van der Waals surface area contributed by atoms with Crippen LogP contribution in [-0.2, 0) is 7.05 Å². The topological polar surface area (TPSA) is 43.9 Å². The summed E-state index contributed by atoms with van der Waals surface area (Å²) < 4.78 is 2.03. The van der Waals surface area contributed by atoms with Crippen molar-refractivity contribution in [3.8, 4) is 0 Å². The Kier molecular flexibility index (Phi) is 6.76. The number of thiazole rings is 1. The Labute approximate surface area is 171 Å². The number of anilines is 2. The lowest BCUT2D eigenvalue weighted by Crippen LogP contribution is -2.26. The van der Waals surface area contributed by atoms with Crippen molar-refractivity contribution >= 4 is 32.8 Å². The SMILES string of the molecule is CCN(CC)c1c[n+](C)c(N=Nc2ccc(NC(C)c3ccccc3)cc2)s1. The zero-order valence-corrected chi connectivity index (χ0v) is 17.8. The molecule has 0 bridgehead atoms. The van der Waals surface area contributed by atoms with Crippen LogP contribution in [0.5, 0.6) is 0 Å². The lowest BCUT2D eigenvalue weighted by molar-refractivity contribution is -0.653. The van der Waals surface area contributed by atoms with E-state index >= 15 is 0 Å². The Hall–Kier alpha value is -2.73. The highest BCUT2D eigenvalue weighted by Gasteiger charge is 2.16. The zero-order chi connectivity index (χ0) is 19.9. The lowest BCUT2D eigenvalue weighted by atomic mass is 10.1. The molecule has 0 amide bonds. The normalized spacial score (nSPS) is 12.3. The number of azo groups is 1. The van der Waals surface area contributed by atoms with Gasteiger partial charge in [-0.3, -0.25) is 0 Å². The molecule has 3 rings (SSSR count). The lowest BCUT2D eigenvalue weighted by Gasteiger charge is -2.16. The van der Waals surface area contributed by atoms with Crippen molar-refractivity contribution in [2.24, 2.45) is 17.3 Å². The van der Waals surface area contributed by atoms with Crippen LogP contribution in [0.25, 0.3) is 0 Å². The number of nitrogens with zero attached hydrogens (tertiary/aromatic N) is 4. The minimum Gasteiger partial charge on any atom is -0.379 e. The van der Waals surface area contributed by atoms with E-state index in [1.165, 1.54) is 10.6 Å². The molecular formula is C22H28N5S+. The second kappa shape index (κ2) is 9.46. The first-order valence-electron chi connectivity index (χ1n) is 9.68. The van der Waals surface area contributed by atoms with Crippen LogP contribution >= 0.6 is 11.3 Å². The summed E-state index contributed by atoms with van der Waals surface area (Å²) in [5.41, 5.74) is 3.18. The number of hydrogen-bond donors (Lipinski definition) is 1. The fourth-order valence-corrected chi connectivity index (χ4v) is 4.05. The van der Waals surface area contributed by atoms with Gasteiger partial charge in [-0.15, -0.1) is 0 Å². The van der Waals surface area contributed by atoms with Crippen LogP contribution in [0, 0.1) is 0 Å². The van der Waals surface area contributed by atoms with E-state index in [-0.39, 0.29) is 6.04 Å². The van der Waals surface area contributed by atoms with Crippen LogP contribution in [-0.4, -0.2) is 13.1 Å². The van der Waals surface area contributed by atoms with E-state index in [9.17, 15) is 0 Å². The highest BCUT2D eigenvalue weighted by molar-refractivity contribution is 7.18. The van der Waals surface area contributed by atoms with E-state index in [1.54, 1.807) is 11.3 Å². The summed E-state index contributed by atoms with van der Waals surface area (Å²) in [5, 5.41) is 14.5. The van der Waals surface area contributed by atoms with Gasteiger partial charge < -0.3 is 10.2 Å². The van der Waals surface area contributed by atoms with Gasteiger partial charge in [0.05, 0.1) is 12.2 Å². The molecule has 146 valence electrons. The summed E-state index contributed by atoms with van der Waals surface area (Å²) >= 11 is 1.66. The van der Waals surface area contributed by atoms with E-state index in [1.807, 2.05) is 41.9 Å². The van der Waals surface area contributed by atoms with Crippen molar-refractivity contribution in [3.05, 3.63) is 66.4 Å². The van der Waals surface area contributed by atoms with Gasteiger partial charge >= 0.3 is 5.13 Å². The molecule has 1 aromatic heterocycles. The molecule has 2 aromatic carbocycles. The van der Waals surface area contributed by atoms with Crippen molar-refractivity contribution in [3.63, 3.8) is 0 Å². The Bertz CT molecular complexity index is 898. The zero-order valence-electron chi connectivity index (χ0n) is 17.0. The van der Waals surface area contributed by atoms with Gasteiger partial charge in [0.2, 0.25) is 0 Å². The highest BCUT2D eigenvalue weighted by Crippen LogP contribution is 2.29. The summed E-state index contributed by atoms with van der Waals surface area (Å²) in [6.45, 7) is 8.47. The second-order valence-corrected chi connectivity index (χ2v) is 7.65. The van der Waals surface area contributed by atoms with Crippen LogP contribution in [0.4, 0.5) is 21.5 Å². The van der Waals surface area contributed by atoms with Gasteiger partial charge in [0.1, 0.15) is 16.9 Å². The van der Waals surface area contributed by atoms with Crippen LogP contribution in [0.3, 0.4) is 0 Å². The van der Waals surface area contributed by atoms with Crippen molar-refractivity contribution in [1.82, 2.24) is 0 Å². The minimum absolute atomic E-state index is 0.248. The summed E-state index contributed by atoms with van der Waals surface area (Å²) in [5.74, 6) is 0. The molecule has 0 fully saturated rings. The first kappa shape index (κ1) is 20.0. The number of nitrogens with one attached hydrogen (secondary N) is 1. The molecule has 0 aliphatic heterocycles. The molecule has 0 saturated heterocycles. The Morgan fingerprint density at radius 3 is 2.32 bits per heavy atom. The molecule has 1 unspecified atom stereocenters. The molecule has 28 heavy (non-hydrogen) atoms. The van der Waals surface area contributed by atoms with Crippen LogP contribution in [0.1, 0.15) is 32.4 Å². The molecule has 0 saturated carbocycles. The van der Waals surface area contributed by atoms with Crippen molar-refractivity contribution in [1.29, 1.82) is 0 Å². The van der Waals surface area contributed by atoms with Crippen LogP contribution < -0.4 is 14.8 Å². The third-order valence-corrected chi connectivity index (χ3v) is 5.80. The van der Waals surface area contributed by atoms with E-state index in [4.69, 9.17) is 0 Å². The Balaban J connectivity index is 1.66. The maximum atomic E-state index is 4.45. The third kappa shape index (κ3) is 4.95. The summed E-state index contributed by atoms with van der Waals surface area (Å²) in [7, 11) is 2.01. The van der Waals surface area contributed by atoms with Gasteiger partial charge in [0.25, 0.3) is 0 Å². The average molecular weight is 395 g/mol. The van der Waals surface area contributed by atoms with Gasteiger partial charge in [-0.25, -0.2) is 4.57 Å². The molecule has 3 aromatic rings. The smallest absolute Gasteiger partial charge is 0.379 e. The quantitative estimate of drug-likeness (QED) is 0.376. The van der Waals surface area contributed by atoms with Gasteiger partial charge in [-0.1, -0.05) is 30.3 Å². The molecule has 0 radical (unpaired) electrons. The van der Waals surface area contributed by atoms with Crippen LogP contribution in [0.15, 0.2) is 71.0 Å². The number of aromatic nitrogens is 1. The standard InChI is InChI=1S/C22H27N5S/c1-5-27(6-2)21-16-26(4)22(28-21)25-24-20-14-12-19(13-15-20)23-17(3)18-10-8-7-9-11-18/h7-17H,5-6H2,1-4H3/p+1. The van der Waals surface area contributed by atoms with Gasteiger partial charge in [0.15, 0.2) is 0 Å². The first-order chi connectivity index (χ1) is 13.6. The predicted octanol–water partition coefficient (Wildman–Crippen LogP) is 6.01. The number of hydrogen-bond acceptors (Lipinski definition) is 5. The number of benzene rings is 2. The largest absolute Gasteiger partial charge is 0.410 e. The molecule has 1 N–H and O–H groups in total. The molecule has 5 nitrogen and oxygen atoms in total. The highest BCUT2D eigenvalue weighted by atomic mass is 32.1. The van der Waals surface area contributed by atoms with Crippen molar-refractivity contribution < 1.29 is 4.57 Å². The van der Waals surface area contributed by atoms with Crippen molar-refractivity contribution in [2.45, 2.75) is 26.8 Å². The third-order valence-electron chi connectivity index (χ3n) is 4.68. The van der Waals surface area contributed by atoms with E-state index in [0.717, 1.165) is 29.6 Å². The van der Waals surface area contributed by atoms with Gasteiger partial charge in [-0.05, 0) is 67.1 Å². The fourth-order valence-electron chi connectivity index (χ4n) is 2.99. The number of rotatable bonds is 8. The van der Waals surface area contributed by atoms with Gasteiger partial charge in [-0.2, -0.15) is 0 Å². The summed E-state index contributed by atoms with van der Waals surface area (Å²) in [6, 6.07) is 18.7. The van der Waals surface area contributed by atoms with Crippen LogP contribution in [0.2, 0.25) is 0 Å². The molecule has 0 spiro atoms. The van der Waals surface area contributed by atoms with Crippen molar-refractivity contribution in [2.75, 3.05) is 23.3 Å². The predicted molar refractivity (Wildman–Crippen MR) is 118 cm³/mol. The summed E-state index contributed by atoms with van der Waals surface area (Å²) in [4.78, 5) is 2.32. The molecular weight excluding hydrogens is 366 g/mol. The average Bonchev–Trinajstić information content (AvgIpc) is 3.09. The minimum atomic E-state index is 0.248. The summed E-state index contributed by atoms with van der Waals surface area (Å²) in [6.07, 6.45) is 2.12. The fraction of sp³-hybridized carbons (Fsp3) is 0.318. The molecule has 0 aliphatic rings. The Morgan fingerprint density at radius 1 is 1.00 bits per heavy atom. The van der Waals surface area contributed by atoms with Gasteiger partial charge in [0, 0.05) is 24.8 Å². The number of aryl methyl sites for hydroxylation is 1. The molecule has 1 heterocycles. The molecule has 0 aliphatic carbocycles. The monoisotopic (exact) mass is 394 g/mol. The maximum absolute atomic E-state index is 4.45. The second-order valence-electron chi connectivity index (χ2n) is 6.66. The van der Waals surface area contributed by atoms with E-state index < -0.39 is 0 Å². The first-order valence-corrected chi connectivity index (χ1v) is 10.5. The van der Waals surface area contributed by atoms with E-state index in [0.29, 0.717) is 0 Å². The Morgan fingerprint density at radius 2 is 1.68 bits per heavy atom.